The summed E-state index contributed by atoms with van der Waals surface area (Å²) in [6.07, 6.45) is 0. The molecule has 1 aliphatic rings. The predicted octanol–water partition coefficient (Wildman–Crippen LogP) is 5.30. The summed E-state index contributed by atoms with van der Waals surface area (Å²) < 4.78 is 16.2. The van der Waals surface area contributed by atoms with Crippen molar-refractivity contribution in [3.8, 4) is 17.2 Å². The molecular weight excluding hydrogens is 482 g/mol. The van der Waals surface area contributed by atoms with Crippen LogP contribution in [0.15, 0.2) is 66.2 Å². The van der Waals surface area contributed by atoms with Crippen molar-refractivity contribution in [2.75, 3.05) is 21.3 Å². The molecular formula is C28H26ClNO6. The summed E-state index contributed by atoms with van der Waals surface area (Å²) in [5.41, 5.74) is 2.49. The Kier molecular flexibility index (Phi) is 7.22. The number of nitrogens with zero attached hydrogens (tertiary/aromatic N) is 1. The molecule has 3 aromatic carbocycles. The van der Waals surface area contributed by atoms with Gasteiger partial charge in [0.05, 0.1) is 50.1 Å². The van der Waals surface area contributed by atoms with Crippen molar-refractivity contribution in [2.45, 2.75) is 19.5 Å². The van der Waals surface area contributed by atoms with Crippen LogP contribution in [0.2, 0.25) is 5.02 Å². The molecule has 0 aromatic heterocycles. The van der Waals surface area contributed by atoms with Crippen LogP contribution in [0.25, 0.3) is 5.76 Å². The highest BCUT2D eigenvalue weighted by atomic mass is 35.5. The van der Waals surface area contributed by atoms with Crippen molar-refractivity contribution >= 4 is 29.1 Å². The molecule has 7 nitrogen and oxygen atoms in total. The second-order valence-corrected chi connectivity index (χ2v) is 8.75. The van der Waals surface area contributed by atoms with Gasteiger partial charge in [0.15, 0.2) is 0 Å². The van der Waals surface area contributed by atoms with Crippen LogP contribution in [0.4, 0.5) is 0 Å². The van der Waals surface area contributed by atoms with Gasteiger partial charge in [-0.2, -0.15) is 0 Å². The van der Waals surface area contributed by atoms with Crippen molar-refractivity contribution in [1.82, 2.24) is 4.90 Å². The Morgan fingerprint density at radius 2 is 1.61 bits per heavy atom. The Bertz CT molecular complexity index is 1370. The largest absolute Gasteiger partial charge is 0.507 e. The van der Waals surface area contributed by atoms with Gasteiger partial charge in [0.1, 0.15) is 23.0 Å². The van der Waals surface area contributed by atoms with Gasteiger partial charge in [-0.3, -0.25) is 9.59 Å². The van der Waals surface area contributed by atoms with E-state index in [9.17, 15) is 14.7 Å². The molecule has 36 heavy (non-hydrogen) atoms. The summed E-state index contributed by atoms with van der Waals surface area (Å²) >= 11 is 6.24. The van der Waals surface area contributed by atoms with Crippen molar-refractivity contribution in [3.05, 3.63) is 93.5 Å². The van der Waals surface area contributed by atoms with Gasteiger partial charge in [0, 0.05) is 11.6 Å². The van der Waals surface area contributed by atoms with Crippen LogP contribution in [-0.2, 0) is 16.1 Å². The van der Waals surface area contributed by atoms with Crippen LogP contribution in [0.5, 0.6) is 17.2 Å². The summed E-state index contributed by atoms with van der Waals surface area (Å²) in [6, 6.07) is 16.9. The lowest BCUT2D eigenvalue weighted by Crippen LogP contribution is -2.29. The second-order valence-electron chi connectivity index (χ2n) is 8.34. The van der Waals surface area contributed by atoms with Crippen LogP contribution in [0.1, 0.15) is 28.3 Å². The summed E-state index contributed by atoms with van der Waals surface area (Å²) in [6.45, 7) is 2.02. The monoisotopic (exact) mass is 507 g/mol. The number of benzene rings is 3. The number of likely N-dealkylation sites (tertiary alicyclic amines) is 1. The average molecular weight is 508 g/mol. The number of rotatable bonds is 7. The Hall–Kier alpha value is -3.97. The standard InChI is InChI=1S/C28H26ClNO6/c1-16-8-7-10-17(12-16)25-24(26(31)19-13-23(36-4)20(29)14-22(19)35-3)27(32)28(33)30(25)15-18-9-5-6-11-21(18)34-2/h5-14,25,31H,15H2,1-4H3/b26-24+. The SMILES string of the molecule is COc1cc(/C(O)=C2\C(=O)C(=O)N(Cc3ccccc3OC)C2c2cccc(C)c2)c(OC)cc1Cl. The van der Waals surface area contributed by atoms with E-state index in [4.69, 9.17) is 25.8 Å². The van der Waals surface area contributed by atoms with E-state index in [1.807, 2.05) is 49.4 Å². The van der Waals surface area contributed by atoms with E-state index in [-0.39, 0.29) is 40.0 Å². The van der Waals surface area contributed by atoms with Crippen LogP contribution in [-0.4, -0.2) is 43.0 Å². The summed E-state index contributed by atoms with van der Waals surface area (Å²) in [5.74, 6) is -0.800. The minimum Gasteiger partial charge on any atom is -0.507 e. The number of ether oxygens (including phenoxy) is 3. The summed E-state index contributed by atoms with van der Waals surface area (Å²) in [5, 5.41) is 11.8. The fourth-order valence-corrected chi connectivity index (χ4v) is 4.67. The first-order valence-corrected chi connectivity index (χ1v) is 11.6. The number of aliphatic hydroxyl groups is 1. The zero-order valence-electron chi connectivity index (χ0n) is 20.4. The lowest BCUT2D eigenvalue weighted by Gasteiger charge is -2.26. The number of amides is 1. The van der Waals surface area contributed by atoms with Crippen LogP contribution in [0.3, 0.4) is 0 Å². The van der Waals surface area contributed by atoms with E-state index in [0.29, 0.717) is 11.3 Å². The van der Waals surface area contributed by atoms with Gasteiger partial charge >= 0.3 is 0 Å². The normalized spacial score (nSPS) is 16.8. The first-order valence-electron chi connectivity index (χ1n) is 11.2. The van der Waals surface area contributed by atoms with Crippen LogP contribution in [0, 0.1) is 6.92 Å². The maximum atomic E-state index is 13.4. The number of methoxy groups -OCH3 is 3. The summed E-state index contributed by atoms with van der Waals surface area (Å²) in [4.78, 5) is 28.2. The minimum absolute atomic E-state index is 0.0526. The third-order valence-corrected chi connectivity index (χ3v) is 6.46. The average Bonchev–Trinajstić information content (AvgIpc) is 3.13. The molecule has 0 aliphatic carbocycles. The Morgan fingerprint density at radius 1 is 0.917 bits per heavy atom. The Labute approximate surface area is 214 Å². The lowest BCUT2D eigenvalue weighted by molar-refractivity contribution is -0.140. The first kappa shape index (κ1) is 25.1. The molecule has 1 N–H and O–H groups in total. The number of para-hydroxylation sites is 1. The first-order chi connectivity index (χ1) is 17.3. The highest BCUT2D eigenvalue weighted by Gasteiger charge is 2.46. The van der Waals surface area contributed by atoms with Crippen molar-refractivity contribution in [2.24, 2.45) is 0 Å². The van der Waals surface area contributed by atoms with E-state index < -0.39 is 17.7 Å². The van der Waals surface area contributed by atoms with E-state index >= 15 is 0 Å². The molecule has 4 rings (SSSR count). The molecule has 1 fully saturated rings. The molecule has 1 saturated heterocycles. The van der Waals surface area contributed by atoms with E-state index in [0.717, 1.165) is 11.1 Å². The number of aliphatic hydroxyl groups excluding tert-OH is 1. The fourth-order valence-electron chi connectivity index (χ4n) is 4.44. The molecule has 1 heterocycles. The Morgan fingerprint density at radius 3 is 2.28 bits per heavy atom. The number of carbonyl (C=O) groups is 2. The molecule has 186 valence electrons. The van der Waals surface area contributed by atoms with Crippen molar-refractivity contribution < 1.29 is 28.9 Å². The van der Waals surface area contributed by atoms with Gasteiger partial charge in [-0.05, 0) is 24.6 Å². The number of Topliss-reactive ketones (excluding diaryl/α,β-unsaturated/α-hetero) is 1. The molecule has 1 unspecified atom stereocenters. The Balaban J connectivity index is 1.94. The van der Waals surface area contributed by atoms with Crippen molar-refractivity contribution in [1.29, 1.82) is 0 Å². The van der Waals surface area contributed by atoms with Crippen molar-refractivity contribution in [3.63, 3.8) is 0 Å². The molecule has 0 spiro atoms. The van der Waals surface area contributed by atoms with Gasteiger partial charge in [0.25, 0.3) is 11.7 Å². The van der Waals surface area contributed by atoms with Crippen LogP contribution < -0.4 is 14.2 Å². The highest BCUT2D eigenvalue weighted by Crippen LogP contribution is 2.44. The van der Waals surface area contributed by atoms with E-state index in [1.165, 1.54) is 31.3 Å². The maximum Gasteiger partial charge on any atom is 0.295 e. The number of carbonyl (C=O) groups excluding carboxylic acids is 2. The number of hydrogen-bond acceptors (Lipinski definition) is 6. The lowest BCUT2D eigenvalue weighted by atomic mass is 9.94. The topological polar surface area (TPSA) is 85.3 Å². The zero-order chi connectivity index (χ0) is 26.0. The summed E-state index contributed by atoms with van der Waals surface area (Å²) in [7, 11) is 4.41. The zero-order valence-corrected chi connectivity index (χ0v) is 21.1. The number of halogens is 1. The molecule has 0 saturated carbocycles. The third-order valence-electron chi connectivity index (χ3n) is 6.16. The molecule has 1 amide bonds. The predicted molar refractivity (Wildman–Crippen MR) is 137 cm³/mol. The minimum atomic E-state index is -0.846. The van der Waals surface area contributed by atoms with Gasteiger partial charge in [-0.25, -0.2) is 0 Å². The second kappa shape index (κ2) is 10.3. The quantitative estimate of drug-likeness (QED) is 0.265. The van der Waals surface area contributed by atoms with Gasteiger partial charge in [-0.15, -0.1) is 0 Å². The van der Waals surface area contributed by atoms with Gasteiger partial charge < -0.3 is 24.2 Å². The number of ketones is 1. The number of aryl methyl sites for hydroxylation is 1. The number of hydrogen-bond donors (Lipinski definition) is 1. The molecule has 0 radical (unpaired) electrons. The third kappa shape index (κ3) is 4.50. The molecule has 1 aliphatic heterocycles. The van der Waals surface area contributed by atoms with Crippen LogP contribution >= 0.6 is 11.6 Å². The van der Waals surface area contributed by atoms with Gasteiger partial charge in [0.2, 0.25) is 0 Å². The molecule has 1 atom stereocenters. The van der Waals surface area contributed by atoms with Gasteiger partial charge in [-0.1, -0.05) is 59.6 Å². The molecule has 8 heteroatoms. The van der Waals surface area contributed by atoms with E-state index in [2.05, 4.69) is 0 Å². The fraction of sp³-hybridized carbons (Fsp3) is 0.214. The highest BCUT2D eigenvalue weighted by molar-refractivity contribution is 6.46. The maximum absolute atomic E-state index is 13.4. The molecule has 0 bridgehead atoms. The van der Waals surface area contributed by atoms with E-state index in [1.54, 1.807) is 13.2 Å². The smallest absolute Gasteiger partial charge is 0.295 e. The molecule has 3 aromatic rings.